The standard InChI is InChI=1S/C31H28FN5O3/c1-18-24(23-11-8-12-25(40-4)28(23)32)17-34-29(33)26(18)20-13-15-21(16-14-20)35-30(38)27-19(2)36(3)37(31(27)39)22-9-6-5-7-10-22/h5-17H,1-4H3,(H2,33,34)(H,35,38). The van der Waals surface area contributed by atoms with Crippen LogP contribution in [0.4, 0.5) is 15.9 Å². The molecular weight excluding hydrogens is 509 g/mol. The zero-order valence-corrected chi connectivity index (χ0v) is 22.5. The Kier molecular flexibility index (Phi) is 6.96. The highest BCUT2D eigenvalue weighted by molar-refractivity contribution is 6.05. The molecule has 1 amide bonds. The normalized spacial score (nSPS) is 10.9. The number of nitrogens with one attached hydrogen (secondary N) is 1. The van der Waals surface area contributed by atoms with E-state index in [1.807, 2.05) is 37.3 Å². The number of hydrogen-bond acceptors (Lipinski definition) is 5. The van der Waals surface area contributed by atoms with Gasteiger partial charge in [0.2, 0.25) is 0 Å². The molecular formula is C31H28FN5O3. The molecule has 3 aromatic carbocycles. The highest BCUT2D eigenvalue weighted by Gasteiger charge is 2.23. The summed E-state index contributed by atoms with van der Waals surface area (Å²) < 4.78 is 23.3. The molecule has 202 valence electrons. The number of nitrogens with zero attached hydrogens (tertiary/aromatic N) is 3. The molecule has 0 unspecified atom stereocenters. The first-order valence-electron chi connectivity index (χ1n) is 12.6. The monoisotopic (exact) mass is 537 g/mol. The number of nitrogens with two attached hydrogens (primary N) is 1. The van der Waals surface area contributed by atoms with Gasteiger partial charge in [-0.2, -0.15) is 0 Å². The molecule has 0 bridgehead atoms. The van der Waals surface area contributed by atoms with E-state index in [9.17, 15) is 9.59 Å². The average molecular weight is 538 g/mol. The maximum atomic E-state index is 15.0. The predicted octanol–water partition coefficient (Wildman–Crippen LogP) is 5.50. The van der Waals surface area contributed by atoms with Gasteiger partial charge in [-0.3, -0.25) is 14.3 Å². The van der Waals surface area contributed by atoms with Crippen molar-refractivity contribution in [3.05, 3.63) is 112 Å². The van der Waals surface area contributed by atoms with Crippen LogP contribution < -0.4 is 21.3 Å². The fraction of sp³-hybridized carbons (Fsp3) is 0.129. The number of benzene rings is 3. The highest BCUT2D eigenvalue weighted by Crippen LogP contribution is 2.37. The van der Waals surface area contributed by atoms with Crippen LogP contribution in [0.3, 0.4) is 0 Å². The molecule has 0 saturated carbocycles. The van der Waals surface area contributed by atoms with Crippen molar-refractivity contribution < 1.29 is 13.9 Å². The van der Waals surface area contributed by atoms with Crippen LogP contribution in [0, 0.1) is 19.7 Å². The topological polar surface area (TPSA) is 104 Å². The van der Waals surface area contributed by atoms with E-state index in [0.29, 0.717) is 39.6 Å². The molecule has 0 aliphatic rings. The Morgan fingerprint density at radius 1 is 0.975 bits per heavy atom. The SMILES string of the molecule is COc1cccc(-c2cnc(N)c(-c3ccc(NC(=O)c4c(C)n(C)n(-c5ccccc5)c4=O)cc3)c2C)c1F. The summed E-state index contributed by atoms with van der Waals surface area (Å²) in [6, 6.07) is 21.1. The number of hydrogen-bond donors (Lipinski definition) is 2. The number of methoxy groups -OCH3 is 1. The fourth-order valence-electron chi connectivity index (χ4n) is 4.88. The highest BCUT2D eigenvalue weighted by atomic mass is 19.1. The molecule has 0 aliphatic carbocycles. The largest absolute Gasteiger partial charge is 0.494 e. The van der Waals surface area contributed by atoms with Crippen molar-refractivity contribution in [1.82, 2.24) is 14.3 Å². The first kappa shape index (κ1) is 26.4. The molecule has 40 heavy (non-hydrogen) atoms. The van der Waals surface area contributed by atoms with Crippen LogP contribution in [0.2, 0.25) is 0 Å². The second kappa shape index (κ2) is 10.5. The number of nitrogen functional groups attached to an aromatic ring is 1. The van der Waals surface area contributed by atoms with Crippen molar-refractivity contribution in [2.45, 2.75) is 13.8 Å². The van der Waals surface area contributed by atoms with Gasteiger partial charge in [-0.15, -0.1) is 0 Å². The summed E-state index contributed by atoms with van der Waals surface area (Å²) in [7, 11) is 3.15. The van der Waals surface area contributed by atoms with Gasteiger partial charge in [0.1, 0.15) is 11.4 Å². The average Bonchev–Trinajstić information content (AvgIpc) is 3.18. The van der Waals surface area contributed by atoms with Gasteiger partial charge in [-0.25, -0.2) is 14.1 Å². The molecule has 0 fully saturated rings. The minimum absolute atomic E-state index is 0.0627. The van der Waals surface area contributed by atoms with Gasteiger partial charge in [0, 0.05) is 35.6 Å². The van der Waals surface area contributed by atoms with E-state index in [-0.39, 0.29) is 11.3 Å². The lowest BCUT2D eigenvalue weighted by molar-refractivity contribution is 0.102. The Labute approximate surface area is 230 Å². The summed E-state index contributed by atoms with van der Waals surface area (Å²) in [5, 5.41) is 2.82. The zero-order valence-electron chi connectivity index (χ0n) is 22.5. The summed E-state index contributed by atoms with van der Waals surface area (Å²) in [5.74, 6) is -0.554. The van der Waals surface area contributed by atoms with Gasteiger partial charge in [0.05, 0.1) is 18.5 Å². The van der Waals surface area contributed by atoms with Crippen molar-refractivity contribution in [3.63, 3.8) is 0 Å². The smallest absolute Gasteiger partial charge is 0.284 e. The lowest BCUT2D eigenvalue weighted by Crippen LogP contribution is -2.25. The first-order chi connectivity index (χ1) is 19.2. The number of carbonyl (C=O) groups excluding carboxylic acids is 1. The fourth-order valence-corrected chi connectivity index (χ4v) is 4.88. The quantitative estimate of drug-likeness (QED) is 0.298. The summed E-state index contributed by atoms with van der Waals surface area (Å²) in [5.41, 5.74) is 10.7. The minimum atomic E-state index is -0.506. The van der Waals surface area contributed by atoms with Gasteiger partial charge in [-0.05, 0) is 55.3 Å². The molecule has 3 N–H and O–H groups in total. The molecule has 2 heterocycles. The maximum Gasteiger partial charge on any atom is 0.284 e. The molecule has 5 aromatic rings. The van der Waals surface area contributed by atoms with Crippen LogP contribution in [-0.2, 0) is 7.05 Å². The number of ether oxygens (including phenoxy) is 1. The van der Waals surface area contributed by atoms with Crippen LogP contribution in [0.15, 0.2) is 83.8 Å². The Hall–Kier alpha value is -5.18. The van der Waals surface area contributed by atoms with Crippen LogP contribution in [0.5, 0.6) is 5.75 Å². The Morgan fingerprint density at radius 2 is 1.68 bits per heavy atom. The minimum Gasteiger partial charge on any atom is -0.494 e. The van der Waals surface area contributed by atoms with E-state index in [1.165, 1.54) is 11.8 Å². The van der Waals surface area contributed by atoms with Crippen LogP contribution in [0.25, 0.3) is 27.9 Å². The second-order valence-corrected chi connectivity index (χ2v) is 9.35. The Balaban J connectivity index is 1.45. The third-order valence-corrected chi connectivity index (χ3v) is 7.05. The van der Waals surface area contributed by atoms with Crippen molar-refractivity contribution in [2.24, 2.45) is 7.05 Å². The van der Waals surface area contributed by atoms with Gasteiger partial charge >= 0.3 is 0 Å². The number of para-hydroxylation sites is 1. The summed E-state index contributed by atoms with van der Waals surface area (Å²) in [6.45, 7) is 3.59. The van der Waals surface area contributed by atoms with Gasteiger partial charge < -0.3 is 15.8 Å². The van der Waals surface area contributed by atoms with E-state index >= 15 is 4.39 Å². The molecule has 0 saturated heterocycles. The number of rotatable bonds is 6. The second-order valence-electron chi connectivity index (χ2n) is 9.35. The van der Waals surface area contributed by atoms with Crippen molar-refractivity contribution in [1.29, 1.82) is 0 Å². The van der Waals surface area contributed by atoms with Crippen LogP contribution in [0.1, 0.15) is 21.6 Å². The van der Waals surface area contributed by atoms with E-state index in [1.54, 1.807) is 67.3 Å². The number of aromatic nitrogens is 3. The molecule has 8 nitrogen and oxygen atoms in total. The summed E-state index contributed by atoms with van der Waals surface area (Å²) in [4.78, 5) is 30.7. The Morgan fingerprint density at radius 3 is 2.35 bits per heavy atom. The van der Waals surface area contributed by atoms with E-state index < -0.39 is 17.3 Å². The molecule has 2 aromatic heterocycles. The molecule has 0 atom stereocenters. The van der Waals surface area contributed by atoms with Crippen molar-refractivity contribution >= 4 is 17.4 Å². The lowest BCUT2D eigenvalue weighted by Gasteiger charge is -2.15. The molecule has 0 aliphatic heterocycles. The van der Waals surface area contributed by atoms with Crippen LogP contribution in [-0.4, -0.2) is 27.4 Å². The molecule has 9 heteroatoms. The number of anilines is 2. The number of amides is 1. The lowest BCUT2D eigenvalue weighted by atomic mass is 9.94. The summed E-state index contributed by atoms with van der Waals surface area (Å²) in [6.07, 6.45) is 1.55. The van der Waals surface area contributed by atoms with E-state index in [4.69, 9.17) is 10.5 Å². The number of halogens is 1. The Bertz CT molecular complexity index is 1790. The van der Waals surface area contributed by atoms with Crippen LogP contribution >= 0.6 is 0 Å². The van der Waals surface area contributed by atoms with Gasteiger partial charge in [-0.1, -0.05) is 42.5 Å². The molecule has 5 rings (SSSR count). The van der Waals surface area contributed by atoms with E-state index in [2.05, 4.69) is 10.3 Å². The van der Waals surface area contributed by atoms with E-state index in [0.717, 1.165) is 11.1 Å². The summed E-state index contributed by atoms with van der Waals surface area (Å²) >= 11 is 0. The van der Waals surface area contributed by atoms with Crippen molar-refractivity contribution in [2.75, 3.05) is 18.2 Å². The van der Waals surface area contributed by atoms with Crippen molar-refractivity contribution in [3.8, 4) is 33.7 Å². The zero-order chi connectivity index (χ0) is 28.6. The molecule has 0 spiro atoms. The van der Waals surface area contributed by atoms with Gasteiger partial charge in [0.25, 0.3) is 11.5 Å². The predicted molar refractivity (Wildman–Crippen MR) is 154 cm³/mol. The number of pyridine rings is 1. The first-order valence-corrected chi connectivity index (χ1v) is 12.6. The number of carbonyl (C=O) groups is 1. The third kappa shape index (κ3) is 4.51. The maximum absolute atomic E-state index is 15.0. The molecule has 0 radical (unpaired) electrons. The van der Waals surface area contributed by atoms with Gasteiger partial charge in [0.15, 0.2) is 11.6 Å². The third-order valence-electron chi connectivity index (χ3n) is 7.05.